The second kappa shape index (κ2) is 9.79. The Kier molecular flexibility index (Phi) is 16.7. The molecule has 0 aromatic rings. The van der Waals surface area contributed by atoms with Gasteiger partial charge in [0.05, 0.1) is 5.60 Å². The molecule has 0 fully saturated rings. The van der Waals surface area contributed by atoms with Crippen molar-refractivity contribution < 1.29 is 30.9 Å². The van der Waals surface area contributed by atoms with Gasteiger partial charge in [0, 0.05) is 25.8 Å². The van der Waals surface area contributed by atoms with Crippen molar-refractivity contribution in [2.45, 2.75) is 33.3 Å². The Morgan fingerprint density at radius 3 is 1.40 bits per heavy atom. The van der Waals surface area contributed by atoms with Gasteiger partial charge < -0.3 is 10.4 Å². The van der Waals surface area contributed by atoms with E-state index < -0.39 is 5.60 Å². The van der Waals surface area contributed by atoms with Crippen molar-refractivity contribution in [2.24, 2.45) is 0 Å². The second-order valence-corrected chi connectivity index (χ2v) is 2.80. The van der Waals surface area contributed by atoms with E-state index in [0.717, 1.165) is 6.54 Å². The van der Waals surface area contributed by atoms with Gasteiger partial charge in [0.15, 0.2) is 0 Å². The number of hydrogen-bond acceptors (Lipinski definition) is 1. The van der Waals surface area contributed by atoms with Gasteiger partial charge in [0.25, 0.3) is 0 Å². The predicted molar refractivity (Wildman–Crippen MR) is 41.8 cm³/mol. The Morgan fingerprint density at radius 2 is 1.40 bits per heavy atom. The fourth-order valence-electron chi connectivity index (χ4n) is 0. The van der Waals surface area contributed by atoms with Crippen LogP contribution in [0.25, 0.3) is 5.32 Å². The summed E-state index contributed by atoms with van der Waals surface area (Å²) >= 11 is 0. The van der Waals surface area contributed by atoms with Crippen LogP contribution in [0.4, 0.5) is 0 Å². The molecule has 10 heavy (non-hydrogen) atoms. The molecule has 3 heteroatoms. The second-order valence-electron chi connectivity index (χ2n) is 2.80. The predicted octanol–water partition coefficient (Wildman–Crippen LogP) is 1.78. The van der Waals surface area contributed by atoms with Crippen molar-refractivity contribution in [3.8, 4) is 0 Å². The van der Waals surface area contributed by atoms with Gasteiger partial charge in [-0.25, -0.2) is 0 Å². The van der Waals surface area contributed by atoms with E-state index in [9.17, 15) is 0 Å². The largest absolute Gasteiger partial charge is 0.665 e. The molecule has 0 saturated heterocycles. The van der Waals surface area contributed by atoms with Crippen molar-refractivity contribution in [1.82, 2.24) is 0 Å². The van der Waals surface area contributed by atoms with Gasteiger partial charge in [-0.05, 0) is 20.8 Å². The topological polar surface area (TPSA) is 34.3 Å². The maximum atomic E-state index is 8.52. The Balaban J connectivity index is -0.0000000910. The van der Waals surface area contributed by atoms with E-state index in [1.54, 1.807) is 27.8 Å². The van der Waals surface area contributed by atoms with E-state index in [-0.39, 0.29) is 25.8 Å². The van der Waals surface area contributed by atoms with Crippen molar-refractivity contribution in [1.29, 1.82) is 0 Å². The van der Waals surface area contributed by atoms with Crippen LogP contribution >= 0.6 is 0 Å². The minimum absolute atomic E-state index is 0. The first kappa shape index (κ1) is 17.0. The molecule has 0 atom stereocenters. The summed E-state index contributed by atoms with van der Waals surface area (Å²) in [6, 6.07) is 0. The molecular weight excluding hydrogens is 293 g/mol. The third-order valence-corrected chi connectivity index (χ3v) is 0.316. The summed E-state index contributed by atoms with van der Waals surface area (Å²) in [5.41, 5.74) is -0.500. The Bertz CT molecular complexity index is 44.1. The molecule has 0 aliphatic carbocycles. The third kappa shape index (κ3) is 166. The molecule has 0 radical (unpaired) electrons. The molecule has 0 aromatic heterocycles. The van der Waals surface area contributed by atoms with Crippen molar-refractivity contribution in [3.05, 3.63) is 5.32 Å². The third-order valence-electron chi connectivity index (χ3n) is 0.316. The van der Waals surface area contributed by atoms with Gasteiger partial charge in [0.2, 0.25) is 0 Å². The summed E-state index contributed by atoms with van der Waals surface area (Å²) < 4.78 is 0. The van der Waals surface area contributed by atoms with Crippen molar-refractivity contribution >= 4 is 0 Å². The van der Waals surface area contributed by atoms with Gasteiger partial charge in [-0.1, -0.05) is 6.92 Å². The van der Waals surface area contributed by atoms with E-state index >= 15 is 0 Å². The molecule has 1 N–H and O–H groups in total. The van der Waals surface area contributed by atoms with Crippen LogP contribution in [0.2, 0.25) is 0 Å². The fourth-order valence-corrected chi connectivity index (χ4v) is 0. The van der Waals surface area contributed by atoms with E-state index in [0.29, 0.717) is 0 Å². The van der Waals surface area contributed by atoms with Gasteiger partial charge >= 0.3 is 0 Å². The zero-order valence-corrected chi connectivity index (χ0v) is 11.2. The minimum atomic E-state index is -0.500. The van der Waals surface area contributed by atoms with Crippen molar-refractivity contribution in [3.63, 3.8) is 0 Å². The summed E-state index contributed by atoms with van der Waals surface area (Å²) in [6.45, 7) is 8.19. The monoisotopic (exact) mass is 312 g/mol. The first-order chi connectivity index (χ1) is 3.91. The maximum absolute atomic E-state index is 8.52. The molecule has 62 valence electrons. The number of rotatable bonds is 1. The fraction of sp³-hybridized carbons (Fsp3) is 1.00. The summed E-state index contributed by atoms with van der Waals surface area (Å²) in [5.74, 6) is 0. The zero-order chi connectivity index (χ0) is 7.91. The average Bonchev–Trinajstić information content (AvgIpc) is 1.61. The molecule has 0 aliphatic rings. The molecule has 0 aromatic carbocycles. The van der Waals surface area contributed by atoms with Crippen LogP contribution in [0.1, 0.15) is 27.7 Å². The van der Waals surface area contributed by atoms with E-state index in [1.165, 1.54) is 0 Å². The number of nitrogens with zero attached hydrogens (tertiary/aromatic N) is 1. The van der Waals surface area contributed by atoms with Gasteiger partial charge in [-0.15, -0.1) is 0 Å². The van der Waals surface area contributed by atoms with Crippen LogP contribution in [-0.4, -0.2) is 24.3 Å². The van der Waals surface area contributed by atoms with E-state index in [2.05, 4.69) is 5.32 Å². The first-order valence-corrected chi connectivity index (χ1v) is 3.19. The van der Waals surface area contributed by atoms with Crippen LogP contribution in [0.3, 0.4) is 0 Å². The molecule has 0 heterocycles. The van der Waals surface area contributed by atoms with Crippen LogP contribution in [0, 0.1) is 0 Å². The normalized spacial score (nSPS) is 9.00. The van der Waals surface area contributed by atoms with Crippen LogP contribution < -0.4 is 0 Å². The zero-order valence-electron chi connectivity index (χ0n) is 7.60. The average molecular weight is 311 g/mol. The van der Waals surface area contributed by atoms with Crippen LogP contribution in [0.5, 0.6) is 0 Å². The minimum Gasteiger partial charge on any atom is -0.665 e. The standard InChI is InChI=1S/C4H10O.C3H8N.Hf/c1-4(2,3)5;1-3-4-2;/h5H,1-3H3;3H2,1-2H3;/q;-1;. The van der Waals surface area contributed by atoms with E-state index in [1.807, 2.05) is 6.92 Å². The molecule has 2 nitrogen and oxygen atoms in total. The molecule has 0 saturated carbocycles. The smallest absolute Gasteiger partial charge is 0.0563 e. The van der Waals surface area contributed by atoms with Gasteiger partial charge in [0.1, 0.15) is 0 Å². The summed E-state index contributed by atoms with van der Waals surface area (Å²) in [7, 11) is 1.81. The SMILES string of the molecule is CC(C)(C)O.CC[N-]C.[Hf]. The molecule has 0 spiro atoms. The molecule has 0 bridgehead atoms. The molecule has 0 rings (SSSR count). The van der Waals surface area contributed by atoms with Crippen LogP contribution in [0.15, 0.2) is 0 Å². The van der Waals surface area contributed by atoms with Gasteiger partial charge in [-0.2, -0.15) is 13.6 Å². The Hall–Kier alpha value is 0.790. The summed E-state index contributed by atoms with van der Waals surface area (Å²) in [4.78, 5) is 0. The maximum Gasteiger partial charge on any atom is 0.0563 e. The molecule has 0 unspecified atom stereocenters. The molecule has 0 amide bonds. The summed E-state index contributed by atoms with van der Waals surface area (Å²) in [6.07, 6.45) is 0. The summed E-state index contributed by atoms with van der Waals surface area (Å²) in [5, 5.41) is 12.3. The van der Waals surface area contributed by atoms with Crippen molar-refractivity contribution in [2.75, 3.05) is 13.6 Å². The Morgan fingerprint density at radius 1 is 1.30 bits per heavy atom. The van der Waals surface area contributed by atoms with Gasteiger partial charge in [-0.3, -0.25) is 0 Å². The Labute approximate surface area is 83.2 Å². The molecular formula is C7H18HfNO-. The first-order valence-electron chi connectivity index (χ1n) is 3.19. The quantitative estimate of drug-likeness (QED) is 0.736. The van der Waals surface area contributed by atoms with Crippen LogP contribution in [-0.2, 0) is 25.8 Å². The number of aliphatic hydroxyl groups is 1. The molecule has 0 aliphatic heterocycles. The number of hydrogen-bond donors (Lipinski definition) is 1. The van der Waals surface area contributed by atoms with E-state index in [4.69, 9.17) is 5.11 Å².